The molecule has 0 fully saturated rings. The first-order valence-corrected chi connectivity index (χ1v) is 6.94. The second-order valence-electron chi connectivity index (χ2n) is 4.86. The number of fused-ring (bicyclic) bond motifs is 1. The number of halogens is 1. The minimum Gasteiger partial charge on any atom is -0.322 e. The number of aromatic nitrogens is 1. The van der Waals surface area contributed by atoms with Crippen LogP contribution in [-0.4, -0.2) is 10.9 Å². The maximum Gasteiger partial charge on any atom is 0.255 e. The van der Waals surface area contributed by atoms with E-state index < -0.39 is 0 Å². The van der Waals surface area contributed by atoms with Gasteiger partial charge in [0.25, 0.3) is 5.91 Å². The molecule has 0 radical (unpaired) electrons. The van der Waals surface area contributed by atoms with E-state index in [9.17, 15) is 4.79 Å². The average molecular weight is 297 g/mol. The third-order valence-electron chi connectivity index (χ3n) is 3.23. The number of benzene rings is 2. The molecule has 0 bridgehead atoms. The number of anilines is 1. The number of hydrogen-bond donors (Lipinski definition) is 1. The fourth-order valence-electron chi connectivity index (χ4n) is 2.08. The molecule has 21 heavy (non-hydrogen) atoms. The van der Waals surface area contributed by atoms with Gasteiger partial charge in [0.05, 0.1) is 5.52 Å². The van der Waals surface area contributed by atoms with Gasteiger partial charge in [0.15, 0.2) is 0 Å². The molecule has 3 rings (SSSR count). The summed E-state index contributed by atoms with van der Waals surface area (Å²) in [4.78, 5) is 16.5. The summed E-state index contributed by atoms with van der Waals surface area (Å²) in [6, 6.07) is 16.6. The summed E-state index contributed by atoms with van der Waals surface area (Å²) in [6.45, 7) is 2.01. The van der Waals surface area contributed by atoms with Crippen molar-refractivity contribution in [1.82, 2.24) is 4.98 Å². The predicted octanol–water partition coefficient (Wildman–Crippen LogP) is 4.45. The number of pyridine rings is 1. The van der Waals surface area contributed by atoms with Crippen LogP contribution in [0.5, 0.6) is 0 Å². The van der Waals surface area contributed by atoms with Crippen LogP contribution in [0.15, 0.2) is 54.6 Å². The zero-order valence-electron chi connectivity index (χ0n) is 11.4. The van der Waals surface area contributed by atoms with Crippen LogP contribution >= 0.6 is 11.6 Å². The molecule has 1 N–H and O–H groups in total. The van der Waals surface area contributed by atoms with Crippen molar-refractivity contribution >= 4 is 34.1 Å². The Balaban J connectivity index is 1.87. The fraction of sp³-hybridized carbons (Fsp3) is 0.0588. The molecule has 0 spiro atoms. The van der Waals surface area contributed by atoms with Gasteiger partial charge in [-0.15, -0.1) is 0 Å². The van der Waals surface area contributed by atoms with Gasteiger partial charge in [-0.05, 0) is 49.4 Å². The molecule has 0 unspecified atom stereocenters. The highest BCUT2D eigenvalue weighted by Crippen LogP contribution is 2.18. The SMILES string of the molecule is Cc1ccc(NC(=O)c2ccc3nc(Cl)ccc3c2)cc1. The normalized spacial score (nSPS) is 10.6. The summed E-state index contributed by atoms with van der Waals surface area (Å²) >= 11 is 5.85. The van der Waals surface area contributed by atoms with Crippen molar-refractivity contribution in [3.8, 4) is 0 Å². The monoisotopic (exact) mass is 296 g/mol. The molecule has 1 aromatic heterocycles. The summed E-state index contributed by atoms with van der Waals surface area (Å²) < 4.78 is 0. The van der Waals surface area contributed by atoms with Crippen molar-refractivity contribution in [3.05, 3.63) is 70.9 Å². The highest BCUT2D eigenvalue weighted by Gasteiger charge is 2.07. The van der Waals surface area contributed by atoms with Gasteiger partial charge in [-0.25, -0.2) is 4.98 Å². The van der Waals surface area contributed by atoms with E-state index in [1.807, 2.05) is 43.3 Å². The molecule has 3 nitrogen and oxygen atoms in total. The number of amides is 1. The van der Waals surface area contributed by atoms with Crippen LogP contribution in [0.25, 0.3) is 10.9 Å². The average Bonchev–Trinajstić information content (AvgIpc) is 2.49. The zero-order chi connectivity index (χ0) is 14.8. The molecule has 1 heterocycles. The standard InChI is InChI=1S/C17H13ClN2O/c1-11-2-6-14(7-3-11)19-17(21)13-4-8-15-12(10-13)5-9-16(18)20-15/h2-10H,1H3,(H,19,21). The molecule has 3 aromatic rings. The van der Waals surface area contributed by atoms with Gasteiger partial charge >= 0.3 is 0 Å². The second-order valence-corrected chi connectivity index (χ2v) is 5.25. The van der Waals surface area contributed by atoms with E-state index in [-0.39, 0.29) is 5.91 Å². The zero-order valence-corrected chi connectivity index (χ0v) is 12.2. The van der Waals surface area contributed by atoms with E-state index in [1.165, 1.54) is 0 Å². The van der Waals surface area contributed by atoms with E-state index in [0.717, 1.165) is 22.2 Å². The maximum absolute atomic E-state index is 12.3. The van der Waals surface area contributed by atoms with Crippen molar-refractivity contribution in [2.45, 2.75) is 6.92 Å². The van der Waals surface area contributed by atoms with Gasteiger partial charge in [-0.2, -0.15) is 0 Å². The molecule has 0 aliphatic carbocycles. The first kappa shape index (κ1) is 13.6. The van der Waals surface area contributed by atoms with Crippen LogP contribution < -0.4 is 5.32 Å². The van der Waals surface area contributed by atoms with Gasteiger partial charge in [-0.1, -0.05) is 29.3 Å². The number of hydrogen-bond acceptors (Lipinski definition) is 2. The summed E-state index contributed by atoms with van der Waals surface area (Å²) in [5, 5.41) is 4.21. The molecule has 4 heteroatoms. The van der Waals surface area contributed by atoms with Gasteiger partial charge < -0.3 is 5.32 Å². The van der Waals surface area contributed by atoms with E-state index in [2.05, 4.69) is 10.3 Å². The van der Waals surface area contributed by atoms with Crippen LogP contribution in [0.4, 0.5) is 5.69 Å². The fourth-order valence-corrected chi connectivity index (χ4v) is 2.24. The Morgan fingerprint density at radius 1 is 1.05 bits per heavy atom. The van der Waals surface area contributed by atoms with Crippen molar-refractivity contribution < 1.29 is 4.79 Å². The van der Waals surface area contributed by atoms with Crippen molar-refractivity contribution in [1.29, 1.82) is 0 Å². The third kappa shape index (κ3) is 3.03. The highest BCUT2D eigenvalue weighted by atomic mass is 35.5. The summed E-state index contributed by atoms with van der Waals surface area (Å²) in [6.07, 6.45) is 0. The number of rotatable bonds is 2. The Bertz CT molecular complexity index is 813. The molecule has 0 saturated carbocycles. The van der Waals surface area contributed by atoms with Gasteiger partial charge in [0, 0.05) is 16.6 Å². The van der Waals surface area contributed by atoms with Crippen LogP contribution in [-0.2, 0) is 0 Å². The first-order valence-electron chi connectivity index (χ1n) is 6.56. The number of carbonyl (C=O) groups is 1. The molecule has 0 aliphatic rings. The minimum absolute atomic E-state index is 0.143. The minimum atomic E-state index is -0.143. The predicted molar refractivity (Wildman–Crippen MR) is 85.9 cm³/mol. The lowest BCUT2D eigenvalue weighted by Gasteiger charge is -2.06. The quantitative estimate of drug-likeness (QED) is 0.710. The van der Waals surface area contributed by atoms with Gasteiger partial charge in [0.2, 0.25) is 0 Å². The second kappa shape index (κ2) is 5.54. The Hall–Kier alpha value is -2.39. The Morgan fingerprint density at radius 3 is 2.57 bits per heavy atom. The van der Waals surface area contributed by atoms with Crippen LogP contribution in [0, 0.1) is 6.92 Å². The number of nitrogens with zero attached hydrogens (tertiary/aromatic N) is 1. The van der Waals surface area contributed by atoms with Gasteiger partial charge in [0.1, 0.15) is 5.15 Å². The van der Waals surface area contributed by atoms with Crippen LogP contribution in [0.1, 0.15) is 15.9 Å². The topological polar surface area (TPSA) is 42.0 Å². The lowest BCUT2D eigenvalue weighted by Crippen LogP contribution is -2.11. The number of carbonyl (C=O) groups excluding carboxylic acids is 1. The van der Waals surface area contributed by atoms with Crippen molar-refractivity contribution in [2.24, 2.45) is 0 Å². The summed E-state index contributed by atoms with van der Waals surface area (Å²) in [5.41, 5.74) is 3.29. The van der Waals surface area contributed by atoms with Crippen LogP contribution in [0.3, 0.4) is 0 Å². The third-order valence-corrected chi connectivity index (χ3v) is 3.44. The van der Waals surface area contributed by atoms with E-state index >= 15 is 0 Å². The molecule has 2 aromatic carbocycles. The molecular formula is C17H13ClN2O. The molecule has 0 atom stereocenters. The van der Waals surface area contributed by atoms with Crippen molar-refractivity contribution in [2.75, 3.05) is 5.32 Å². The maximum atomic E-state index is 12.3. The largest absolute Gasteiger partial charge is 0.322 e. The van der Waals surface area contributed by atoms with E-state index in [0.29, 0.717) is 10.7 Å². The molecule has 0 saturated heterocycles. The smallest absolute Gasteiger partial charge is 0.255 e. The Morgan fingerprint density at radius 2 is 1.81 bits per heavy atom. The summed E-state index contributed by atoms with van der Waals surface area (Å²) in [7, 11) is 0. The first-order chi connectivity index (χ1) is 10.1. The number of nitrogens with one attached hydrogen (secondary N) is 1. The molecule has 1 amide bonds. The summed E-state index contributed by atoms with van der Waals surface area (Å²) in [5.74, 6) is -0.143. The molecule has 0 aliphatic heterocycles. The number of aryl methyl sites for hydroxylation is 1. The molecular weight excluding hydrogens is 284 g/mol. The Kier molecular flexibility index (Phi) is 3.59. The lowest BCUT2D eigenvalue weighted by molar-refractivity contribution is 0.102. The van der Waals surface area contributed by atoms with E-state index in [1.54, 1.807) is 18.2 Å². The lowest BCUT2D eigenvalue weighted by atomic mass is 10.1. The van der Waals surface area contributed by atoms with E-state index in [4.69, 9.17) is 11.6 Å². The van der Waals surface area contributed by atoms with Crippen molar-refractivity contribution in [3.63, 3.8) is 0 Å². The Labute approximate surface area is 127 Å². The van der Waals surface area contributed by atoms with Gasteiger partial charge in [-0.3, -0.25) is 4.79 Å². The highest BCUT2D eigenvalue weighted by molar-refractivity contribution is 6.29. The molecule has 104 valence electrons. The van der Waals surface area contributed by atoms with Crippen LogP contribution in [0.2, 0.25) is 5.15 Å².